The Kier molecular flexibility index (Phi) is 6.70. The molecule has 0 aliphatic heterocycles. The van der Waals surface area contributed by atoms with Crippen LogP contribution in [0.2, 0.25) is 0 Å². The molecule has 0 saturated carbocycles. The van der Waals surface area contributed by atoms with Crippen molar-refractivity contribution < 1.29 is 22.9 Å². The molecular formula is C19H24N3O4S+. The topological polar surface area (TPSA) is 96.8 Å². The van der Waals surface area contributed by atoms with Crippen molar-refractivity contribution in [3.05, 3.63) is 59.7 Å². The third kappa shape index (κ3) is 6.19. The maximum absolute atomic E-state index is 12.2. The van der Waals surface area contributed by atoms with Crippen molar-refractivity contribution >= 4 is 27.3 Å². The highest BCUT2D eigenvalue weighted by molar-refractivity contribution is 7.90. The molecule has 2 aromatic carbocycles. The molecule has 2 rings (SSSR count). The number of nitrogens with one attached hydrogen (secondary N) is 3. The summed E-state index contributed by atoms with van der Waals surface area (Å²) in [6.07, 6.45) is 1.13. The van der Waals surface area contributed by atoms with Gasteiger partial charge in [0, 0.05) is 30.1 Å². The number of benzene rings is 2. The smallest absolute Gasteiger partial charge is 0.279 e. The highest BCUT2D eigenvalue weighted by Crippen LogP contribution is 2.15. The van der Waals surface area contributed by atoms with E-state index in [2.05, 4.69) is 10.6 Å². The van der Waals surface area contributed by atoms with Crippen LogP contribution in [0.3, 0.4) is 0 Å². The number of likely N-dealkylation sites (N-methyl/N-ethyl adjacent to an activating group) is 1. The van der Waals surface area contributed by atoms with Gasteiger partial charge < -0.3 is 15.5 Å². The Hall–Kier alpha value is -2.71. The van der Waals surface area contributed by atoms with Crippen LogP contribution in [0.4, 0.5) is 5.69 Å². The minimum absolute atomic E-state index is 0.141. The summed E-state index contributed by atoms with van der Waals surface area (Å²) < 4.78 is 23.2. The maximum Gasteiger partial charge on any atom is 0.279 e. The van der Waals surface area contributed by atoms with Gasteiger partial charge in [0.25, 0.3) is 11.8 Å². The molecule has 0 aliphatic carbocycles. The first-order valence-electron chi connectivity index (χ1n) is 8.41. The molecule has 0 spiro atoms. The van der Waals surface area contributed by atoms with Gasteiger partial charge in [0.2, 0.25) is 0 Å². The van der Waals surface area contributed by atoms with Gasteiger partial charge in [-0.3, -0.25) is 9.59 Å². The van der Waals surface area contributed by atoms with Crippen molar-refractivity contribution in [2.45, 2.75) is 11.4 Å². The zero-order chi connectivity index (χ0) is 20.0. The second kappa shape index (κ2) is 8.79. The number of sulfone groups is 1. The summed E-state index contributed by atoms with van der Waals surface area (Å²) in [6, 6.07) is 13.4. The standard InChI is InChI=1S/C19H23N3O4S/c1-20-19(24)15-9-7-14(8-10-15)12-22(2)13-18(23)21-16-5-4-6-17(11-16)27(3,25)26/h4-11H,12-13H2,1-3H3,(H,20,24)(H,21,23)/p+1. The minimum atomic E-state index is -3.32. The molecule has 0 aromatic heterocycles. The number of carbonyl (C=O) groups is 2. The van der Waals surface area contributed by atoms with Crippen LogP contribution in [0.15, 0.2) is 53.4 Å². The monoisotopic (exact) mass is 390 g/mol. The third-order valence-electron chi connectivity index (χ3n) is 3.96. The van der Waals surface area contributed by atoms with Crippen LogP contribution in [-0.4, -0.2) is 47.1 Å². The summed E-state index contributed by atoms with van der Waals surface area (Å²) >= 11 is 0. The number of quaternary nitrogens is 1. The molecule has 8 heteroatoms. The van der Waals surface area contributed by atoms with Crippen LogP contribution in [0.25, 0.3) is 0 Å². The van der Waals surface area contributed by atoms with Gasteiger partial charge in [0.1, 0.15) is 6.54 Å². The first-order chi connectivity index (χ1) is 12.7. The second-order valence-corrected chi connectivity index (χ2v) is 8.45. The molecule has 1 unspecified atom stereocenters. The van der Waals surface area contributed by atoms with Crippen LogP contribution in [0.5, 0.6) is 0 Å². The number of hydrogen-bond acceptors (Lipinski definition) is 4. The molecule has 3 N–H and O–H groups in total. The molecule has 144 valence electrons. The summed E-state index contributed by atoms with van der Waals surface area (Å²) in [5.74, 6) is -0.349. The van der Waals surface area contributed by atoms with Crippen molar-refractivity contribution in [1.82, 2.24) is 5.32 Å². The molecule has 0 aliphatic rings. The highest BCUT2D eigenvalue weighted by Gasteiger charge is 2.13. The zero-order valence-corrected chi connectivity index (χ0v) is 16.4. The molecule has 27 heavy (non-hydrogen) atoms. The van der Waals surface area contributed by atoms with E-state index in [1.165, 1.54) is 12.1 Å². The van der Waals surface area contributed by atoms with E-state index >= 15 is 0 Å². The fourth-order valence-electron chi connectivity index (χ4n) is 2.61. The van der Waals surface area contributed by atoms with Crippen molar-refractivity contribution in [2.75, 3.05) is 32.2 Å². The third-order valence-corrected chi connectivity index (χ3v) is 5.07. The number of anilines is 1. The molecule has 0 saturated heterocycles. The summed E-state index contributed by atoms with van der Waals surface area (Å²) in [7, 11) is 0.148. The van der Waals surface area contributed by atoms with Gasteiger partial charge in [0.15, 0.2) is 16.4 Å². The largest absolute Gasteiger partial charge is 0.355 e. The van der Waals surface area contributed by atoms with Crippen molar-refractivity contribution in [1.29, 1.82) is 0 Å². The average molecular weight is 390 g/mol. The van der Waals surface area contributed by atoms with Crippen LogP contribution in [-0.2, 0) is 21.2 Å². The summed E-state index contributed by atoms with van der Waals surface area (Å²) in [5, 5.41) is 5.29. The first-order valence-corrected chi connectivity index (χ1v) is 10.3. The van der Waals surface area contributed by atoms with Gasteiger partial charge in [-0.1, -0.05) is 18.2 Å². The predicted octanol–water partition coefficient (Wildman–Crippen LogP) is 0.103. The lowest BCUT2D eigenvalue weighted by molar-refractivity contribution is -0.885. The first kappa shape index (κ1) is 20.6. The Labute approximate surface area is 159 Å². The highest BCUT2D eigenvalue weighted by atomic mass is 32.2. The SMILES string of the molecule is CNC(=O)c1ccc(C[NH+](C)CC(=O)Nc2cccc(S(C)(=O)=O)c2)cc1. The number of hydrogen-bond donors (Lipinski definition) is 3. The van der Waals surface area contributed by atoms with E-state index in [9.17, 15) is 18.0 Å². The fraction of sp³-hybridized carbons (Fsp3) is 0.263. The second-order valence-electron chi connectivity index (χ2n) is 6.43. The van der Waals surface area contributed by atoms with E-state index in [0.717, 1.165) is 16.7 Å². The average Bonchev–Trinajstić information content (AvgIpc) is 2.61. The number of amides is 2. The van der Waals surface area contributed by atoms with E-state index < -0.39 is 9.84 Å². The van der Waals surface area contributed by atoms with Crippen molar-refractivity contribution in [3.8, 4) is 0 Å². The van der Waals surface area contributed by atoms with Gasteiger partial charge >= 0.3 is 0 Å². The lowest BCUT2D eigenvalue weighted by atomic mass is 10.1. The molecule has 2 aromatic rings. The molecule has 0 radical (unpaired) electrons. The quantitative estimate of drug-likeness (QED) is 0.625. The van der Waals surface area contributed by atoms with E-state index in [-0.39, 0.29) is 23.3 Å². The normalized spacial score (nSPS) is 12.3. The number of rotatable bonds is 7. The van der Waals surface area contributed by atoms with Crippen LogP contribution >= 0.6 is 0 Å². The summed E-state index contributed by atoms with van der Waals surface area (Å²) in [5.41, 5.74) is 2.04. The number of carbonyl (C=O) groups excluding carboxylic acids is 2. The van der Waals surface area contributed by atoms with E-state index in [4.69, 9.17) is 0 Å². The summed E-state index contributed by atoms with van der Waals surface area (Å²) in [6.45, 7) is 0.838. The Morgan fingerprint density at radius 3 is 2.33 bits per heavy atom. The van der Waals surface area contributed by atoms with Crippen LogP contribution in [0, 0.1) is 0 Å². The lowest BCUT2D eigenvalue weighted by Gasteiger charge is -2.14. The summed E-state index contributed by atoms with van der Waals surface area (Å²) in [4.78, 5) is 24.9. The van der Waals surface area contributed by atoms with Gasteiger partial charge in [-0.2, -0.15) is 0 Å². The Balaban J connectivity index is 1.93. The Bertz CT molecular complexity index is 924. The molecular weight excluding hydrogens is 366 g/mol. The van der Waals surface area contributed by atoms with E-state index in [1.54, 1.807) is 31.3 Å². The Morgan fingerprint density at radius 2 is 1.74 bits per heavy atom. The molecule has 0 fully saturated rings. The Morgan fingerprint density at radius 1 is 1.07 bits per heavy atom. The molecule has 0 heterocycles. The van der Waals surface area contributed by atoms with Crippen LogP contribution < -0.4 is 15.5 Å². The van der Waals surface area contributed by atoms with E-state index in [1.807, 2.05) is 19.2 Å². The molecule has 0 bridgehead atoms. The predicted molar refractivity (Wildman–Crippen MR) is 103 cm³/mol. The van der Waals surface area contributed by atoms with Gasteiger partial charge in [-0.05, 0) is 30.3 Å². The van der Waals surface area contributed by atoms with Crippen molar-refractivity contribution in [2.24, 2.45) is 0 Å². The molecule has 7 nitrogen and oxygen atoms in total. The van der Waals surface area contributed by atoms with Gasteiger partial charge in [0.05, 0.1) is 11.9 Å². The minimum Gasteiger partial charge on any atom is -0.355 e. The lowest BCUT2D eigenvalue weighted by Crippen LogP contribution is -3.08. The van der Waals surface area contributed by atoms with E-state index in [0.29, 0.717) is 17.8 Å². The fourth-order valence-corrected chi connectivity index (χ4v) is 3.28. The van der Waals surface area contributed by atoms with Gasteiger partial charge in [-0.25, -0.2) is 8.42 Å². The molecule has 2 amide bonds. The molecule has 1 atom stereocenters. The maximum atomic E-state index is 12.2. The van der Waals surface area contributed by atoms with Gasteiger partial charge in [-0.15, -0.1) is 0 Å². The zero-order valence-electron chi connectivity index (χ0n) is 15.6. The van der Waals surface area contributed by atoms with Crippen molar-refractivity contribution in [3.63, 3.8) is 0 Å². The van der Waals surface area contributed by atoms with Crippen LogP contribution in [0.1, 0.15) is 15.9 Å².